The van der Waals surface area contributed by atoms with Crippen LogP contribution in [0.25, 0.3) is 0 Å². The Kier molecular flexibility index (Phi) is 6.24. The van der Waals surface area contributed by atoms with Gasteiger partial charge in [-0.2, -0.15) is 0 Å². The van der Waals surface area contributed by atoms with E-state index in [1.54, 1.807) is 6.07 Å². The van der Waals surface area contributed by atoms with E-state index in [1.165, 1.54) is 0 Å². The molecule has 1 atom stereocenters. The van der Waals surface area contributed by atoms with Crippen LogP contribution in [0.5, 0.6) is 0 Å². The highest BCUT2D eigenvalue weighted by Gasteiger charge is 2.34. The summed E-state index contributed by atoms with van der Waals surface area (Å²) < 4.78 is 5.19. The third-order valence-electron chi connectivity index (χ3n) is 4.30. The predicted molar refractivity (Wildman–Crippen MR) is 93.9 cm³/mol. The lowest BCUT2D eigenvalue weighted by Crippen LogP contribution is -2.53. The Balaban J connectivity index is 0.00000264. The van der Waals surface area contributed by atoms with Crippen LogP contribution in [-0.4, -0.2) is 41.6 Å². The van der Waals surface area contributed by atoms with Crippen LogP contribution in [-0.2, 0) is 10.2 Å². The molecule has 2 rings (SSSR count). The molecule has 6 nitrogen and oxygen atoms in total. The van der Waals surface area contributed by atoms with Crippen molar-refractivity contribution in [2.75, 3.05) is 25.0 Å². The van der Waals surface area contributed by atoms with Crippen LogP contribution in [0, 0.1) is 5.41 Å². The third kappa shape index (κ3) is 5.19. The van der Waals surface area contributed by atoms with Crippen molar-refractivity contribution in [2.45, 2.75) is 52.5 Å². The molecule has 23 heavy (non-hydrogen) atoms. The molecule has 0 spiro atoms. The molecule has 7 heteroatoms. The zero-order valence-electron chi connectivity index (χ0n) is 14.7. The normalized spacial score (nSPS) is 21.6. The van der Waals surface area contributed by atoms with Crippen LogP contribution in [0.15, 0.2) is 10.6 Å². The largest absolute Gasteiger partial charge is 0.338 e. The molecule has 1 aliphatic rings. The van der Waals surface area contributed by atoms with Gasteiger partial charge in [-0.15, -0.1) is 12.4 Å². The number of likely N-dealkylation sites (tertiary alicyclic amines) is 1. The summed E-state index contributed by atoms with van der Waals surface area (Å²) in [7, 11) is 0. The molecule has 0 aliphatic carbocycles. The van der Waals surface area contributed by atoms with Crippen molar-refractivity contribution >= 4 is 24.2 Å². The van der Waals surface area contributed by atoms with Crippen LogP contribution in [0.2, 0.25) is 0 Å². The van der Waals surface area contributed by atoms with Crippen molar-refractivity contribution < 1.29 is 9.32 Å². The fraction of sp³-hybridized carbons (Fsp3) is 0.750. The molecular weight excluding hydrogens is 316 g/mol. The lowest BCUT2D eigenvalue weighted by Gasteiger charge is -2.42. The van der Waals surface area contributed by atoms with Gasteiger partial charge < -0.3 is 10.3 Å². The van der Waals surface area contributed by atoms with Crippen molar-refractivity contribution in [3.05, 3.63) is 11.8 Å². The molecule has 0 radical (unpaired) electrons. The van der Waals surface area contributed by atoms with Gasteiger partial charge in [0.25, 0.3) is 0 Å². The molecule has 1 aliphatic heterocycles. The highest BCUT2D eigenvalue weighted by molar-refractivity contribution is 5.91. The van der Waals surface area contributed by atoms with Crippen LogP contribution in [0.4, 0.5) is 5.88 Å². The van der Waals surface area contributed by atoms with Gasteiger partial charge in [-0.25, -0.2) is 0 Å². The molecule has 1 aromatic heterocycles. The average Bonchev–Trinajstić information content (AvgIpc) is 2.81. The quantitative estimate of drug-likeness (QED) is 0.879. The van der Waals surface area contributed by atoms with Crippen LogP contribution < -0.4 is 11.1 Å². The number of nitrogens with zero attached hydrogens (tertiary/aromatic N) is 2. The van der Waals surface area contributed by atoms with Crippen molar-refractivity contribution in [3.63, 3.8) is 0 Å². The first-order valence-electron chi connectivity index (χ1n) is 7.83. The monoisotopic (exact) mass is 344 g/mol. The third-order valence-corrected chi connectivity index (χ3v) is 4.30. The number of hydrogen-bond donors (Lipinski definition) is 2. The number of hydrogen-bond acceptors (Lipinski definition) is 5. The van der Waals surface area contributed by atoms with E-state index in [1.807, 2.05) is 0 Å². The highest BCUT2D eigenvalue weighted by atomic mass is 35.5. The summed E-state index contributed by atoms with van der Waals surface area (Å²) in [5, 5.41) is 6.78. The molecule has 3 N–H and O–H groups in total. The Labute approximate surface area is 144 Å². The number of carbonyl (C=O) groups is 1. The Morgan fingerprint density at radius 2 is 2.17 bits per heavy atom. The van der Waals surface area contributed by atoms with Crippen molar-refractivity contribution in [3.8, 4) is 0 Å². The van der Waals surface area contributed by atoms with Gasteiger partial charge in [0.15, 0.2) is 0 Å². The van der Waals surface area contributed by atoms with E-state index in [0.717, 1.165) is 25.2 Å². The van der Waals surface area contributed by atoms with Gasteiger partial charge >= 0.3 is 0 Å². The van der Waals surface area contributed by atoms with Gasteiger partial charge in [0.2, 0.25) is 11.8 Å². The summed E-state index contributed by atoms with van der Waals surface area (Å²) in [4.78, 5) is 14.3. The molecule has 2 heterocycles. The molecule has 1 fully saturated rings. The number of halogens is 1. The van der Waals surface area contributed by atoms with Gasteiger partial charge in [-0.1, -0.05) is 39.8 Å². The van der Waals surface area contributed by atoms with Gasteiger partial charge in [-0.05, 0) is 11.8 Å². The SMILES string of the molecule is CC(C)(C)c1cc(NC(=O)CN2CCC(N)C(C)(C)C2)on1.Cl. The topological polar surface area (TPSA) is 84.4 Å². The number of carbonyl (C=O) groups excluding carboxylic acids is 1. The Morgan fingerprint density at radius 1 is 1.52 bits per heavy atom. The van der Waals surface area contributed by atoms with E-state index in [-0.39, 0.29) is 35.2 Å². The van der Waals surface area contributed by atoms with Gasteiger partial charge in [0, 0.05) is 30.6 Å². The second-order valence-corrected chi connectivity index (χ2v) is 7.97. The maximum absolute atomic E-state index is 12.2. The number of amides is 1. The number of rotatable bonds is 3. The van der Waals surface area contributed by atoms with E-state index in [0.29, 0.717) is 12.4 Å². The number of anilines is 1. The van der Waals surface area contributed by atoms with Crippen molar-refractivity contribution in [1.29, 1.82) is 0 Å². The Bertz CT molecular complexity index is 536. The number of nitrogens with one attached hydrogen (secondary N) is 1. The zero-order valence-corrected chi connectivity index (χ0v) is 15.5. The molecule has 1 unspecified atom stereocenters. The molecular formula is C16H29ClN4O2. The number of aromatic nitrogens is 1. The average molecular weight is 345 g/mol. The summed E-state index contributed by atoms with van der Waals surface area (Å²) in [6, 6.07) is 1.98. The molecule has 1 saturated heterocycles. The van der Waals surface area contributed by atoms with Crippen LogP contribution in [0.1, 0.15) is 46.7 Å². The maximum atomic E-state index is 12.2. The first-order chi connectivity index (χ1) is 10.1. The minimum absolute atomic E-state index is 0. The number of nitrogens with two attached hydrogens (primary N) is 1. The highest BCUT2D eigenvalue weighted by Crippen LogP contribution is 2.27. The minimum atomic E-state index is -0.0977. The molecule has 0 bridgehead atoms. The van der Waals surface area contributed by atoms with E-state index >= 15 is 0 Å². The maximum Gasteiger partial charge on any atom is 0.240 e. The smallest absolute Gasteiger partial charge is 0.240 e. The van der Waals surface area contributed by atoms with E-state index < -0.39 is 0 Å². The number of piperidine rings is 1. The fourth-order valence-corrected chi connectivity index (χ4v) is 2.69. The van der Waals surface area contributed by atoms with Gasteiger partial charge in [0.05, 0.1) is 12.2 Å². The van der Waals surface area contributed by atoms with Crippen LogP contribution in [0.3, 0.4) is 0 Å². The Hall–Kier alpha value is -1.11. The van der Waals surface area contributed by atoms with Crippen LogP contribution >= 0.6 is 12.4 Å². The fourth-order valence-electron chi connectivity index (χ4n) is 2.69. The molecule has 0 aromatic carbocycles. The van der Waals surface area contributed by atoms with Gasteiger partial charge in [0.1, 0.15) is 0 Å². The summed E-state index contributed by atoms with van der Waals surface area (Å²) in [6.45, 7) is 12.5. The summed E-state index contributed by atoms with van der Waals surface area (Å²) in [5.74, 6) is 0.325. The zero-order chi connectivity index (χ0) is 16.5. The lowest BCUT2D eigenvalue weighted by molar-refractivity contribution is -0.118. The van der Waals surface area contributed by atoms with Crippen molar-refractivity contribution in [1.82, 2.24) is 10.1 Å². The lowest BCUT2D eigenvalue weighted by atomic mass is 9.80. The second kappa shape index (κ2) is 7.20. The van der Waals surface area contributed by atoms with E-state index in [2.05, 4.69) is 50.0 Å². The molecule has 1 aromatic rings. The molecule has 0 saturated carbocycles. The van der Waals surface area contributed by atoms with E-state index in [4.69, 9.17) is 10.3 Å². The first kappa shape index (κ1) is 19.9. The first-order valence-corrected chi connectivity index (χ1v) is 7.83. The van der Waals surface area contributed by atoms with E-state index in [9.17, 15) is 4.79 Å². The Morgan fingerprint density at radius 3 is 2.70 bits per heavy atom. The van der Waals surface area contributed by atoms with Crippen molar-refractivity contribution in [2.24, 2.45) is 11.1 Å². The molecule has 1 amide bonds. The summed E-state index contributed by atoms with van der Waals surface area (Å²) in [5.41, 5.74) is 6.88. The second-order valence-electron chi connectivity index (χ2n) is 7.97. The standard InChI is InChI=1S/C16H28N4O2.ClH/c1-15(2,3)12-8-14(22-19-12)18-13(21)9-20-7-6-11(17)16(4,5)10-20;/h8,11H,6-7,9-10,17H2,1-5H3,(H,18,21);1H. The summed E-state index contributed by atoms with van der Waals surface area (Å²) >= 11 is 0. The van der Waals surface area contributed by atoms with Gasteiger partial charge in [-0.3, -0.25) is 15.0 Å². The predicted octanol–water partition coefficient (Wildman–Crippen LogP) is 2.39. The minimum Gasteiger partial charge on any atom is -0.338 e. The summed E-state index contributed by atoms with van der Waals surface area (Å²) in [6.07, 6.45) is 0.913. The molecule has 132 valence electrons.